The minimum absolute atomic E-state index is 0.0781. The summed E-state index contributed by atoms with van der Waals surface area (Å²) in [5.41, 5.74) is 10.4. The third-order valence-corrected chi connectivity index (χ3v) is 8.47. The summed E-state index contributed by atoms with van der Waals surface area (Å²) in [7, 11) is 2.78. The van der Waals surface area contributed by atoms with E-state index in [-0.39, 0.29) is 53.7 Å². The quantitative estimate of drug-likeness (QED) is 0.214. The minimum atomic E-state index is -0.736. The molecule has 11 nitrogen and oxygen atoms in total. The van der Waals surface area contributed by atoms with Crippen LogP contribution in [0, 0.1) is 23.2 Å². The third-order valence-electron chi connectivity index (χ3n) is 8.47. The molecule has 3 aromatic rings. The largest absolute Gasteiger partial charge is 0.469 e. The van der Waals surface area contributed by atoms with Gasteiger partial charge in [-0.05, 0) is 89.1 Å². The first-order valence-electron chi connectivity index (χ1n) is 16.5. The summed E-state index contributed by atoms with van der Waals surface area (Å²) >= 11 is 0. The van der Waals surface area contributed by atoms with Gasteiger partial charge in [-0.2, -0.15) is 5.10 Å². The molecule has 5 rings (SSSR count). The van der Waals surface area contributed by atoms with Crippen LogP contribution in [0.5, 0.6) is 0 Å². The number of hydrogen-bond donors (Lipinski definition) is 1. The Kier molecular flexibility index (Phi) is 13.3. The van der Waals surface area contributed by atoms with Gasteiger partial charge in [0, 0.05) is 53.6 Å². The van der Waals surface area contributed by atoms with E-state index in [0.29, 0.717) is 23.8 Å². The summed E-state index contributed by atoms with van der Waals surface area (Å²) in [5.74, 6) is -1.98. The maximum Gasteiger partial charge on any atom is 0.309 e. The zero-order valence-electron chi connectivity index (χ0n) is 29.6. The predicted octanol–water partition coefficient (Wildman–Crippen LogP) is 5.39. The number of nitrogens with two attached hydrogens (primary N) is 1. The van der Waals surface area contributed by atoms with Gasteiger partial charge in [0.05, 0.1) is 43.2 Å². The lowest BCUT2D eigenvalue weighted by Gasteiger charge is -2.26. The van der Waals surface area contributed by atoms with Gasteiger partial charge in [0.25, 0.3) is 0 Å². The Morgan fingerprint density at radius 2 is 1.38 bits per heavy atom. The van der Waals surface area contributed by atoms with E-state index in [0.717, 1.165) is 30.6 Å². The second-order valence-corrected chi connectivity index (χ2v) is 14.4. The number of ketones is 2. The Hall–Kier alpha value is -4.25. The standard InChI is InChI=1S/C18H23N3O2.C14H15NO4.C5H13N/c1-18(2,3)21-15-6-5-13(17(22)23-4)11-14(15)16(20-21)12-7-9-19-10-8-12;1-19-14(18)10-2-3-12(16)11(8-10)13(17)9-4-6-15-7-5-9;1-5(2,3)4-6/h7-10,13H,5-6,11H2,1-4H3;4-7,10-11H,2-3,8H2,1H3;4,6H2,1-3H3. The van der Waals surface area contributed by atoms with E-state index in [4.69, 9.17) is 15.6 Å². The highest BCUT2D eigenvalue weighted by Crippen LogP contribution is 2.36. The smallest absolute Gasteiger partial charge is 0.309 e. The van der Waals surface area contributed by atoms with E-state index in [9.17, 15) is 19.2 Å². The number of aromatic nitrogens is 4. The molecule has 0 spiro atoms. The van der Waals surface area contributed by atoms with Gasteiger partial charge in [0.2, 0.25) is 0 Å². The summed E-state index contributed by atoms with van der Waals surface area (Å²) in [6.45, 7) is 13.6. The number of esters is 2. The van der Waals surface area contributed by atoms with Gasteiger partial charge in [0.15, 0.2) is 5.78 Å². The van der Waals surface area contributed by atoms with Crippen molar-refractivity contribution >= 4 is 23.5 Å². The topological polar surface area (TPSA) is 156 Å². The van der Waals surface area contributed by atoms with Crippen LogP contribution in [-0.4, -0.2) is 64.0 Å². The fourth-order valence-electron chi connectivity index (χ4n) is 5.66. The number of Topliss-reactive ketones (excluding diaryl/α,β-unsaturated/α-hetero) is 2. The second kappa shape index (κ2) is 16.7. The molecule has 3 unspecified atom stereocenters. The maximum absolute atomic E-state index is 12.3. The van der Waals surface area contributed by atoms with Crippen LogP contribution in [-0.2, 0) is 42.2 Å². The van der Waals surface area contributed by atoms with Crippen molar-refractivity contribution in [2.75, 3.05) is 20.8 Å². The van der Waals surface area contributed by atoms with Crippen molar-refractivity contribution in [1.82, 2.24) is 19.7 Å². The van der Waals surface area contributed by atoms with E-state index >= 15 is 0 Å². The van der Waals surface area contributed by atoms with Crippen LogP contribution in [0.4, 0.5) is 0 Å². The van der Waals surface area contributed by atoms with Gasteiger partial charge in [-0.15, -0.1) is 0 Å². The predicted molar refractivity (Wildman–Crippen MR) is 183 cm³/mol. The Morgan fingerprint density at radius 1 is 0.854 bits per heavy atom. The number of rotatable bonds is 5. The van der Waals surface area contributed by atoms with Crippen molar-refractivity contribution in [1.29, 1.82) is 0 Å². The number of methoxy groups -OCH3 is 2. The van der Waals surface area contributed by atoms with Crippen molar-refractivity contribution in [3.8, 4) is 11.3 Å². The number of nitrogens with zero attached hydrogens (tertiary/aromatic N) is 4. The zero-order valence-corrected chi connectivity index (χ0v) is 29.6. The Morgan fingerprint density at radius 3 is 1.90 bits per heavy atom. The fourth-order valence-corrected chi connectivity index (χ4v) is 5.66. The molecule has 11 heteroatoms. The van der Waals surface area contributed by atoms with Crippen LogP contribution in [0.15, 0.2) is 49.1 Å². The maximum atomic E-state index is 12.3. The van der Waals surface area contributed by atoms with Gasteiger partial charge in [-0.1, -0.05) is 20.8 Å². The number of carbonyl (C=O) groups excluding carboxylic acids is 4. The van der Waals surface area contributed by atoms with Crippen molar-refractivity contribution in [2.24, 2.45) is 28.9 Å². The van der Waals surface area contributed by atoms with Gasteiger partial charge in [-0.25, -0.2) is 0 Å². The molecule has 3 atom stereocenters. The van der Waals surface area contributed by atoms with Crippen molar-refractivity contribution in [3.63, 3.8) is 0 Å². The molecule has 3 aromatic heterocycles. The number of pyridine rings is 2. The van der Waals surface area contributed by atoms with E-state index in [2.05, 4.69) is 60.9 Å². The molecule has 0 aliphatic heterocycles. The fraction of sp³-hybridized carbons (Fsp3) is 0.541. The summed E-state index contributed by atoms with van der Waals surface area (Å²) in [4.78, 5) is 55.6. The molecule has 48 heavy (non-hydrogen) atoms. The first-order chi connectivity index (χ1) is 22.6. The first-order valence-corrected chi connectivity index (χ1v) is 16.5. The van der Waals surface area contributed by atoms with E-state index in [1.165, 1.54) is 37.9 Å². The molecule has 3 heterocycles. The summed E-state index contributed by atoms with van der Waals surface area (Å²) in [5, 5.41) is 4.89. The van der Waals surface area contributed by atoms with Crippen molar-refractivity contribution in [3.05, 3.63) is 65.9 Å². The number of carbonyl (C=O) groups is 4. The molecule has 2 N–H and O–H groups in total. The van der Waals surface area contributed by atoms with Gasteiger partial charge < -0.3 is 15.2 Å². The van der Waals surface area contributed by atoms with Crippen LogP contribution in [0.3, 0.4) is 0 Å². The molecule has 1 fully saturated rings. The van der Waals surface area contributed by atoms with E-state index in [1.807, 2.05) is 12.1 Å². The molecule has 260 valence electrons. The minimum Gasteiger partial charge on any atom is -0.469 e. The molecular weight excluding hydrogens is 610 g/mol. The second-order valence-electron chi connectivity index (χ2n) is 14.4. The molecule has 0 aromatic carbocycles. The van der Waals surface area contributed by atoms with Crippen LogP contribution >= 0.6 is 0 Å². The molecular formula is C37H51N5O6. The SMILES string of the molecule is CC(C)(C)CN.COC(=O)C1CCC(=O)C(C(=O)c2ccncc2)C1.COC(=O)C1CCc2c(c(-c3ccncc3)nn2C(C)(C)C)C1. The Labute approximate surface area is 284 Å². The normalized spacial score (nSPS) is 19.0. The molecule has 0 bridgehead atoms. The van der Waals surface area contributed by atoms with E-state index < -0.39 is 5.92 Å². The van der Waals surface area contributed by atoms with Gasteiger partial charge in [0.1, 0.15) is 5.78 Å². The molecule has 2 aliphatic carbocycles. The highest BCUT2D eigenvalue weighted by molar-refractivity contribution is 6.11. The lowest BCUT2D eigenvalue weighted by atomic mass is 9.77. The number of hydrogen-bond acceptors (Lipinski definition) is 10. The highest BCUT2D eigenvalue weighted by atomic mass is 16.5. The van der Waals surface area contributed by atoms with E-state index in [1.54, 1.807) is 24.5 Å². The van der Waals surface area contributed by atoms with Crippen molar-refractivity contribution < 1.29 is 28.7 Å². The van der Waals surface area contributed by atoms with Gasteiger partial charge in [-0.3, -0.25) is 33.8 Å². The monoisotopic (exact) mass is 661 g/mol. The Balaban J connectivity index is 0.000000226. The lowest BCUT2D eigenvalue weighted by Crippen LogP contribution is -2.34. The van der Waals surface area contributed by atoms with Crippen molar-refractivity contribution in [2.45, 2.75) is 85.6 Å². The van der Waals surface area contributed by atoms with Crippen LogP contribution in [0.2, 0.25) is 0 Å². The first kappa shape index (κ1) is 38.2. The molecule has 0 saturated heterocycles. The molecule has 0 amide bonds. The molecule has 2 aliphatic rings. The van der Waals surface area contributed by atoms with Crippen LogP contribution < -0.4 is 5.73 Å². The van der Waals surface area contributed by atoms with Gasteiger partial charge >= 0.3 is 11.9 Å². The lowest BCUT2D eigenvalue weighted by molar-refractivity contribution is -0.148. The average Bonchev–Trinajstić information content (AvgIpc) is 3.48. The summed E-state index contributed by atoms with van der Waals surface area (Å²) < 4.78 is 11.8. The Bertz CT molecular complexity index is 1540. The number of fused-ring (bicyclic) bond motifs is 1. The van der Waals surface area contributed by atoms with Crippen LogP contribution in [0.1, 0.15) is 88.8 Å². The highest BCUT2D eigenvalue weighted by Gasteiger charge is 2.37. The average molecular weight is 662 g/mol. The summed E-state index contributed by atoms with van der Waals surface area (Å²) in [6, 6.07) is 7.10. The number of ether oxygens (including phenoxy) is 2. The molecule has 1 saturated carbocycles. The van der Waals surface area contributed by atoms with Crippen LogP contribution in [0.25, 0.3) is 11.3 Å². The molecule has 0 radical (unpaired) electrons. The third kappa shape index (κ3) is 10.1. The summed E-state index contributed by atoms with van der Waals surface area (Å²) in [6.07, 6.45) is 9.89. The zero-order chi connectivity index (χ0) is 35.6.